The molecule has 2 fully saturated rings. The van der Waals surface area contributed by atoms with Gasteiger partial charge >= 0.3 is 0 Å². The van der Waals surface area contributed by atoms with E-state index in [1.165, 1.54) is 25.7 Å². The molecular formula is C20H25N3O2. The summed E-state index contributed by atoms with van der Waals surface area (Å²) in [6.07, 6.45) is 8.26. The van der Waals surface area contributed by atoms with Crippen molar-refractivity contribution in [3.8, 4) is 11.5 Å². The highest BCUT2D eigenvalue weighted by atomic mass is 16.3. The van der Waals surface area contributed by atoms with Crippen LogP contribution in [0, 0.1) is 0 Å². The van der Waals surface area contributed by atoms with Crippen LogP contribution in [0.2, 0.25) is 0 Å². The number of oxazole rings is 1. The van der Waals surface area contributed by atoms with Crippen molar-refractivity contribution in [1.29, 1.82) is 0 Å². The highest BCUT2D eigenvalue weighted by molar-refractivity contribution is 5.78. The Morgan fingerprint density at radius 2 is 2.00 bits per heavy atom. The summed E-state index contributed by atoms with van der Waals surface area (Å²) >= 11 is 0. The summed E-state index contributed by atoms with van der Waals surface area (Å²) in [4.78, 5) is 19.3. The zero-order chi connectivity index (χ0) is 17.1. The minimum absolute atomic E-state index is 0.0335. The minimum atomic E-state index is 0.0335. The molecule has 1 aliphatic heterocycles. The lowest BCUT2D eigenvalue weighted by molar-refractivity contribution is -0.121. The summed E-state index contributed by atoms with van der Waals surface area (Å²) in [6, 6.07) is 10.8. The maximum atomic E-state index is 12.3. The van der Waals surface area contributed by atoms with E-state index in [-0.39, 0.29) is 18.4 Å². The lowest BCUT2D eigenvalue weighted by Gasteiger charge is -2.23. The number of aromatic nitrogens is 1. The summed E-state index contributed by atoms with van der Waals surface area (Å²) in [5.41, 5.74) is 1.61. The van der Waals surface area contributed by atoms with E-state index < -0.39 is 0 Å². The number of nitrogens with one attached hydrogen (secondary N) is 1. The maximum absolute atomic E-state index is 12.3. The van der Waals surface area contributed by atoms with E-state index in [4.69, 9.17) is 4.42 Å². The molecule has 2 aliphatic rings. The van der Waals surface area contributed by atoms with Crippen LogP contribution in [0.15, 0.2) is 41.0 Å². The van der Waals surface area contributed by atoms with E-state index in [9.17, 15) is 4.79 Å². The van der Waals surface area contributed by atoms with E-state index in [0.717, 1.165) is 31.1 Å². The van der Waals surface area contributed by atoms with Gasteiger partial charge in [-0.05, 0) is 31.4 Å². The summed E-state index contributed by atoms with van der Waals surface area (Å²) in [6.45, 7) is 2.10. The van der Waals surface area contributed by atoms with Crippen LogP contribution in [-0.4, -0.2) is 41.0 Å². The van der Waals surface area contributed by atoms with Crippen LogP contribution in [0.1, 0.15) is 37.8 Å². The van der Waals surface area contributed by atoms with Crippen LogP contribution in [0.25, 0.3) is 11.5 Å². The Bertz CT molecular complexity index is 707. The zero-order valence-corrected chi connectivity index (χ0v) is 14.5. The molecule has 5 heteroatoms. The Hall–Kier alpha value is -2.14. The number of carbonyl (C=O) groups excluding carboxylic acids is 1. The van der Waals surface area contributed by atoms with Gasteiger partial charge < -0.3 is 9.73 Å². The van der Waals surface area contributed by atoms with Gasteiger partial charge in [0.15, 0.2) is 0 Å². The molecule has 0 unspecified atom stereocenters. The molecule has 0 spiro atoms. The van der Waals surface area contributed by atoms with Gasteiger partial charge in [0.2, 0.25) is 11.8 Å². The number of hydrogen-bond acceptors (Lipinski definition) is 4. The Labute approximate surface area is 148 Å². The Kier molecular flexibility index (Phi) is 4.83. The summed E-state index contributed by atoms with van der Waals surface area (Å²) in [5, 5.41) is 3.17. The summed E-state index contributed by atoms with van der Waals surface area (Å²) < 4.78 is 5.51. The highest BCUT2D eigenvalue weighted by Gasteiger charge is 2.30. The van der Waals surface area contributed by atoms with E-state index in [0.29, 0.717) is 11.6 Å². The average molecular weight is 339 g/mol. The number of rotatable bonds is 5. The van der Waals surface area contributed by atoms with E-state index in [1.807, 2.05) is 30.3 Å². The van der Waals surface area contributed by atoms with Gasteiger partial charge in [-0.15, -0.1) is 0 Å². The van der Waals surface area contributed by atoms with Crippen molar-refractivity contribution < 1.29 is 9.21 Å². The van der Waals surface area contributed by atoms with Crippen LogP contribution in [-0.2, 0) is 11.2 Å². The second-order valence-electron chi connectivity index (χ2n) is 7.17. The molecule has 5 nitrogen and oxygen atoms in total. The van der Waals surface area contributed by atoms with Crippen LogP contribution in [0.3, 0.4) is 0 Å². The SMILES string of the molecule is O=C(Cc1coc(-c2ccccc2)n1)N[C@H]1CCN(C2CCCC2)C1. The smallest absolute Gasteiger partial charge is 0.226 e. The van der Waals surface area contributed by atoms with Crippen LogP contribution in [0.4, 0.5) is 0 Å². The quantitative estimate of drug-likeness (QED) is 0.910. The first-order valence-electron chi connectivity index (χ1n) is 9.31. The molecule has 0 bridgehead atoms. The zero-order valence-electron chi connectivity index (χ0n) is 14.5. The average Bonchev–Trinajstić information content (AvgIpc) is 3.37. The Morgan fingerprint density at radius 3 is 2.80 bits per heavy atom. The second-order valence-corrected chi connectivity index (χ2v) is 7.17. The van der Waals surface area contributed by atoms with Crippen LogP contribution in [0.5, 0.6) is 0 Å². The highest BCUT2D eigenvalue weighted by Crippen LogP contribution is 2.26. The van der Waals surface area contributed by atoms with Gasteiger partial charge in [-0.3, -0.25) is 9.69 Å². The van der Waals surface area contributed by atoms with Gasteiger partial charge in [-0.1, -0.05) is 31.0 Å². The number of amides is 1. The van der Waals surface area contributed by atoms with Gasteiger partial charge in [-0.25, -0.2) is 4.98 Å². The summed E-state index contributed by atoms with van der Waals surface area (Å²) in [5.74, 6) is 0.600. The molecule has 4 rings (SSSR count). The molecule has 25 heavy (non-hydrogen) atoms. The number of likely N-dealkylation sites (tertiary alicyclic amines) is 1. The predicted octanol–water partition coefficient (Wildman–Crippen LogP) is 3.02. The van der Waals surface area contributed by atoms with E-state index >= 15 is 0 Å². The van der Waals surface area contributed by atoms with Gasteiger partial charge in [0, 0.05) is 30.7 Å². The molecule has 2 aromatic rings. The number of benzene rings is 1. The molecule has 1 aromatic carbocycles. The first-order chi connectivity index (χ1) is 12.3. The molecule has 1 N–H and O–H groups in total. The fourth-order valence-electron chi connectivity index (χ4n) is 4.05. The fraction of sp³-hybridized carbons (Fsp3) is 0.500. The topological polar surface area (TPSA) is 58.4 Å². The molecule has 1 saturated heterocycles. The molecule has 1 aliphatic carbocycles. The molecular weight excluding hydrogens is 314 g/mol. The lowest BCUT2D eigenvalue weighted by Crippen LogP contribution is -2.39. The first kappa shape index (κ1) is 16.3. The molecule has 1 aromatic heterocycles. The normalized spacial score (nSPS) is 21.7. The van der Waals surface area contributed by atoms with Gasteiger partial charge in [0.25, 0.3) is 0 Å². The third kappa shape index (κ3) is 3.93. The minimum Gasteiger partial charge on any atom is -0.444 e. The molecule has 1 amide bonds. The number of hydrogen-bond donors (Lipinski definition) is 1. The van der Waals surface area contributed by atoms with E-state index in [1.54, 1.807) is 6.26 Å². The largest absolute Gasteiger partial charge is 0.444 e. The van der Waals surface area contributed by atoms with E-state index in [2.05, 4.69) is 15.2 Å². The monoisotopic (exact) mass is 339 g/mol. The third-order valence-corrected chi connectivity index (χ3v) is 5.34. The van der Waals surface area contributed by atoms with Crippen molar-refractivity contribution in [2.75, 3.05) is 13.1 Å². The number of nitrogens with zero attached hydrogens (tertiary/aromatic N) is 2. The van der Waals surface area contributed by atoms with Gasteiger partial charge in [-0.2, -0.15) is 0 Å². The molecule has 1 atom stereocenters. The van der Waals surface area contributed by atoms with Crippen molar-refractivity contribution in [1.82, 2.24) is 15.2 Å². The fourth-order valence-corrected chi connectivity index (χ4v) is 4.05. The van der Waals surface area contributed by atoms with Crippen LogP contribution >= 0.6 is 0 Å². The molecule has 132 valence electrons. The van der Waals surface area contributed by atoms with Gasteiger partial charge in [0.1, 0.15) is 6.26 Å². The van der Waals surface area contributed by atoms with Gasteiger partial charge in [0.05, 0.1) is 12.1 Å². The van der Waals surface area contributed by atoms with Crippen molar-refractivity contribution in [2.24, 2.45) is 0 Å². The maximum Gasteiger partial charge on any atom is 0.226 e. The second kappa shape index (κ2) is 7.40. The van der Waals surface area contributed by atoms with Crippen molar-refractivity contribution in [2.45, 2.75) is 50.6 Å². The Balaban J connectivity index is 1.29. The standard InChI is InChI=1S/C20H25N3O2/c24-19(21-16-10-11-23(13-16)18-8-4-5-9-18)12-17-14-25-20(22-17)15-6-2-1-3-7-15/h1-3,6-7,14,16,18H,4-5,8-13H2,(H,21,24)/t16-/m0/s1. The summed E-state index contributed by atoms with van der Waals surface area (Å²) in [7, 11) is 0. The lowest BCUT2D eigenvalue weighted by atomic mass is 10.2. The van der Waals surface area contributed by atoms with Crippen molar-refractivity contribution in [3.05, 3.63) is 42.3 Å². The van der Waals surface area contributed by atoms with Crippen molar-refractivity contribution >= 4 is 5.91 Å². The first-order valence-corrected chi connectivity index (χ1v) is 9.31. The molecule has 0 radical (unpaired) electrons. The third-order valence-electron chi connectivity index (χ3n) is 5.34. The van der Waals surface area contributed by atoms with Crippen LogP contribution < -0.4 is 5.32 Å². The predicted molar refractivity (Wildman–Crippen MR) is 96.0 cm³/mol. The molecule has 2 heterocycles. The van der Waals surface area contributed by atoms with Crippen molar-refractivity contribution in [3.63, 3.8) is 0 Å². The Morgan fingerprint density at radius 1 is 1.20 bits per heavy atom. The molecule has 1 saturated carbocycles. The number of carbonyl (C=O) groups is 1.